The molecule has 0 unspecified atom stereocenters. The Balaban J connectivity index is 1.31. The van der Waals surface area contributed by atoms with Crippen molar-refractivity contribution in [3.05, 3.63) is 154 Å². The number of aryl methyl sites for hydroxylation is 2. The number of fused-ring (bicyclic) bond motifs is 1. The Morgan fingerprint density at radius 1 is 0.683 bits per heavy atom. The van der Waals surface area contributed by atoms with Gasteiger partial charge in [0.05, 0.1) is 17.2 Å². The highest BCUT2D eigenvalue weighted by Gasteiger charge is 2.43. The van der Waals surface area contributed by atoms with Crippen molar-refractivity contribution in [1.29, 1.82) is 0 Å². The van der Waals surface area contributed by atoms with Crippen LogP contribution in [-0.2, 0) is 24.1 Å². The minimum atomic E-state index is -1.02. The zero-order valence-electron chi connectivity index (χ0n) is 22.4. The van der Waals surface area contributed by atoms with Gasteiger partial charge in [0.15, 0.2) is 0 Å². The fourth-order valence-corrected chi connectivity index (χ4v) is 6.38. The normalized spacial score (nSPS) is 15.2. The third-order valence-corrected chi connectivity index (χ3v) is 8.35. The third-order valence-electron chi connectivity index (χ3n) is 8.35. The minimum Gasteiger partial charge on any atom is -0.343 e. The van der Waals surface area contributed by atoms with Crippen LogP contribution in [0.25, 0.3) is 10.8 Å². The standard InChI is InChI=1S/C36H28N2O3/c39-34(31(22-23-10-3-1-4-11-23)38-35(40)29-15-7-8-16-30(29)36(38)41)37-33(26-12-5-2-6-13-26)28-21-20-25-19-18-24-14-9-17-27(28)32(24)25/h1-17,20-21,31,33H,18-19,22H2,(H,37,39)/t31-,33-/m1/s1. The SMILES string of the molecule is O=C(N[C@H](c1ccccc1)c1ccc2c3c(cccc13)CC2)[C@@H](Cc1ccccc1)N1C(=O)c2ccccc2C1=O. The third kappa shape index (κ3) is 4.30. The number of nitrogens with zero attached hydrogens (tertiary/aromatic N) is 1. The molecule has 0 bridgehead atoms. The highest BCUT2D eigenvalue weighted by molar-refractivity contribution is 6.22. The average molecular weight is 537 g/mol. The average Bonchev–Trinajstić information content (AvgIpc) is 3.55. The Kier molecular flexibility index (Phi) is 6.20. The first-order valence-electron chi connectivity index (χ1n) is 14.0. The van der Waals surface area contributed by atoms with Crippen molar-refractivity contribution in [2.45, 2.75) is 31.3 Å². The van der Waals surface area contributed by atoms with E-state index in [0.29, 0.717) is 11.1 Å². The molecule has 0 saturated heterocycles. The van der Waals surface area contributed by atoms with Gasteiger partial charge in [-0.1, -0.05) is 103 Å². The van der Waals surface area contributed by atoms with Gasteiger partial charge >= 0.3 is 0 Å². The van der Waals surface area contributed by atoms with E-state index < -0.39 is 23.9 Å². The van der Waals surface area contributed by atoms with E-state index in [4.69, 9.17) is 0 Å². The lowest BCUT2D eigenvalue weighted by Crippen LogP contribution is -2.51. The van der Waals surface area contributed by atoms with Crippen LogP contribution in [0, 0.1) is 0 Å². The molecule has 0 aromatic heterocycles. The second-order valence-corrected chi connectivity index (χ2v) is 10.7. The molecular weight excluding hydrogens is 508 g/mol. The highest BCUT2D eigenvalue weighted by atomic mass is 16.2. The van der Waals surface area contributed by atoms with E-state index in [0.717, 1.165) is 39.8 Å². The van der Waals surface area contributed by atoms with Crippen LogP contribution in [0.4, 0.5) is 0 Å². The van der Waals surface area contributed by atoms with E-state index in [1.54, 1.807) is 24.3 Å². The van der Waals surface area contributed by atoms with Crippen LogP contribution >= 0.6 is 0 Å². The van der Waals surface area contributed by atoms with Gasteiger partial charge in [-0.3, -0.25) is 19.3 Å². The van der Waals surface area contributed by atoms with Crippen LogP contribution in [0.15, 0.2) is 115 Å². The van der Waals surface area contributed by atoms with Crippen molar-refractivity contribution < 1.29 is 14.4 Å². The number of nitrogens with one attached hydrogen (secondary N) is 1. The smallest absolute Gasteiger partial charge is 0.262 e. The zero-order valence-corrected chi connectivity index (χ0v) is 22.4. The number of benzene rings is 5. The first-order chi connectivity index (χ1) is 20.1. The summed E-state index contributed by atoms with van der Waals surface area (Å²) < 4.78 is 0. The maximum Gasteiger partial charge on any atom is 0.262 e. The van der Waals surface area contributed by atoms with Crippen molar-refractivity contribution in [2.75, 3.05) is 0 Å². The predicted molar refractivity (Wildman–Crippen MR) is 159 cm³/mol. The van der Waals surface area contributed by atoms with Crippen molar-refractivity contribution in [2.24, 2.45) is 0 Å². The largest absolute Gasteiger partial charge is 0.343 e. The fraction of sp³-hybridized carbons (Fsp3) is 0.139. The minimum absolute atomic E-state index is 0.212. The second-order valence-electron chi connectivity index (χ2n) is 10.7. The van der Waals surface area contributed by atoms with Gasteiger partial charge in [-0.15, -0.1) is 0 Å². The first kappa shape index (κ1) is 25.0. The van der Waals surface area contributed by atoms with E-state index in [1.807, 2.05) is 60.7 Å². The molecule has 0 saturated carbocycles. The number of hydrogen-bond acceptors (Lipinski definition) is 3. The second kappa shape index (κ2) is 10.2. The van der Waals surface area contributed by atoms with Crippen LogP contribution in [0.5, 0.6) is 0 Å². The van der Waals surface area contributed by atoms with E-state index in [2.05, 4.69) is 35.6 Å². The summed E-state index contributed by atoms with van der Waals surface area (Å²) in [6.07, 6.45) is 2.23. The van der Waals surface area contributed by atoms with Gasteiger partial charge in [-0.25, -0.2) is 0 Å². The van der Waals surface area contributed by atoms with Crippen LogP contribution in [0.1, 0.15) is 54.6 Å². The molecule has 0 spiro atoms. The lowest BCUT2D eigenvalue weighted by Gasteiger charge is -2.29. The lowest BCUT2D eigenvalue weighted by molar-refractivity contribution is -0.125. The Morgan fingerprint density at radius 3 is 1.98 bits per heavy atom. The van der Waals surface area contributed by atoms with Gasteiger partial charge in [0, 0.05) is 6.42 Å². The number of carbonyl (C=O) groups is 3. The molecule has 1 heterocycles. The molecule has 0 fully saturated rings. The summed E-state index contributed by atoms with van der Waals surface area (Å²) in [6, 6.07) is 35.3. The molecule has 1 aliphatic heterocycles. The van der Waals surface area contributed by atoms with E-state index in [-0.39, 0.29) is 12.3 Å². The van der Waals surface area contributed by atoms with Crippen molar-refractivity contribution in [3.8, 4) is 0 Å². The number of rotatable bonds is 7. The van der Waals surface area contributed by atoms with Gasteiger partial charge in [0.1, 0.15) is 6.04 Å². The summed E-state index contributed by atoms with van der Waals surface area (Å²) in [5, 5.41) is 5.66. The molecular formula is C36H28N2O3. The topological polar surface area (TPSA) is 66.5 Å². The van der Waals surface area contributed by atoms with E-state index >= 15 is 0 Å². The van der Waals surface area contributed by atoms with Gasteiger partial charge in [-0.05, 0) is 63.6 Å². The molecule has 1 aliphatic carbocycles. The summed E-state index contributed by atoms with van der Waals surface area (Å²) in [5.41, 5.74) is 6.10. The molecule has 5 nitrogen and oxygen atoms in total. The Labute approximate surface area is 238 Å². The maximum atomic E-state index is 14.4. The van der Waals surface area contributed by atoms with Gasteiger partial charge in [0.2, 0.25) is 5.91 Å². The summed E-state index contributed by atoms with van der Waals surface area (Å²) in [6.45, 7) is 0. The maximum absolute atomic E-state index is 14.4. The molecule has 5 aromatic carbocycles. The molecule has 2 atom stereocenters. The summed E-state index contributed by atoms with van der Waals surface area (Å²) >= 11 is 0. The highest BCUT2D eigenvalue weighted by Crippen LogP contribution is 2.37. The quantitative estimate of drug-likeness (QED) is 0.258. The van der Waals surface area contributed by atoms with E-state index in [1.165, 1.54) is 16.5 Å². The van der Waals surface area contributed by atoms with Crippen LogP contribution in [0.3, 0.4) is 0 Å². The predicted octanol–water partition coefficient (Wildman–Crippen LogP) is 6.05. The summed E-state index contributed by atoms with van der Waals surface area (Å²) in [5.74, 6) is -1.26. The molecule has 3 amide bonds. The van der Waals surface area contributed by atoms with Gasteiger partial charge < -0.3 is 5.32 Å². The number of carbonyl (C=O) groups excluding carboxylic acids is 3. The van der Waals surface area contributed by atoms with Crippen LogP contribution in [0.2, 0.25) is 0 Å². The van der Waals surface area contributed by atoms with Crippen molar-refractivity contribution in [1.82, 2.24) is 10.2 Å². The molecule has 0 radical (unpaired) electrons. The van der Waals surface area contributed by atoms with Crippen molar-refractivity contribution in [3.63, 3.8) is 0 Å². The monoisotopic (exact) mass is 536 g/mol. The van der Waals surface area contributed by atoms with Gasteiger partial charge in [-0.2, -0.15) is 0 Å². The number of imide groups is 1. The molecule has 5 heteroatoms. The number of amides is 3. The van der Waals surface area contributed by atoms with Crippen LogP contribution in [-0.4, -0.2) is 28.7 Å². The summed E-state index contributed by atoms with van der Waals surface area (Å²) in [4.78, 5) is 42.6. The lowest BCUT2D eigenvalue weighted by atomic mass is 9.91. The Morgan fingerprint density at radius 2 is 1.29 bits per heavy atom. The summed E-state index contributed by atoms with van der Waals surface area (Å²) in [7, 11) is 0. The first-order valence-corrected chi connectivity index (χ1v) is 14.0. The number of hydrogen-bond donors (Lipinski definition) is 1. The molecule has 2 aliphatic rings. The molecule has 1 N–H and O–H groups in total. The molecule has 5 aromatic rings. The van der Waals surface area contributed by atoms with Crippen molar-refractivity contribution >= 4 is 28.5 Å². The zero-order chi connectivity index (χ0) is 27.9. The molecule has 200 valence electrons. The Bertz CT molecular complexity index is 1770. The van der Waals surface area contributed by atoms with Crippen LogP contribution < -0.4 is 5.32 Å². The Hall–Kier alpha value is -5.03. The van der Waals surface area contributed by atoms with Gasteiger partial charge in [0.25, 0.3) is 11.8 Å². The van der Waals surface area contributed by atoms with E-state index in [9.17, 15) is 14.4 Å². The molecule has 41 heavy (non-hydrogen) atoms. The fourth-order valence-electron chi connectivity index (χ4n) is 6.38. The molecule has 7 rings (SSSR count).